The molecule has 0 N–H and O–H groups in total. The van der Waals surface area contributed by atoms with Crippen LogP contribution in [-0.2, 0) is 11.2 Å². The molecule has 0 fully saturated rings. The van der Waals surface area contributed by atoms with Crippen molar-refractivity contribution in [3.63, 3.8) is 0 Å². The van der Waals surface area contributed by atoms with Gasteiger partial charge in [-0.2, -0.15) is 13.2 Å². The zero-order valence-electron chi connectivity index (χ0n) is 13.8. The van der Waals surface area contributed by atoms with Crippen LogP contribution >= 0.6 is 11.3 Å². The van der Waals surface area contributed by atoms with Crippen LogP contribution < -0.4 is 4.74 Å². The molecule has 0 saturated heterocycles. The predicted molar refractivity (Wildman–Crippen MR) is 92.6 cm³/mol. The second-order valence-corrected chi connectivity index (χ2v) is 6.41. The fourth-order valence-electron chi connectivity index (χ4n) is 2.87. The molecule has 1 aliphatic heterocycles. The number of benzene rings is 1. The number of alkyl halides is 3. The Morgan fingerprint density at radius 3 is 2.69 bits per heavy atom. The first-order valence-corrected chi connectivity index (χ1v) is 8.76. The number of thiazole rings is 1. The molecule has 0 amide bonds. The van der Waals surface area contributed by atoms with E-state index in [2.05, 4.69) is 9.98 Å². The third-order valence-corrected chi connectivity index (χ3v) is 4.73. The van der Waals surface area contributed by atoms with Crippen molar-refractivity contribution in [2.75, 3.05) is 7.11 Å². The molecule has 0 spiro atoms. The van der Waals surface area contributed by atoms with Crippen LogP contribution in [0.15, 0.2) is 51.9 Å². The first kappa shape index (κ1) is 18.3. The van der Waals surface area contributed by atoms with Crippen molar-refractivity contribution < 1.29 is 22.7 Å². The number of aromatic nitrogens is 1. The number of halogens is 3. The average molecular weight is 380 g/mol. The summed E-state index contributed by atoms with van der Waals surface area (Å²) in [6, 6.07) is 7.22. The number of hydrogen-bond acceptors (Lipinski definition) is 5. The summed E-state index contributed by atoms with van der Waals surface area (Å²) in [5.74, 6) is -1.33. The highest BCUT2D eigenvalue weighted by molar-refractivity contribution is 7.07. The van der Waals surface area contributed by atoms with Crippen molar-refractivity contribution in [1.82, 2.24) is 4.98 Å². The first-order chi connectivity index (χ1) is 12.4. The summed E-state index contributed by atoms with van der Waals surface area (Å²) in [5.41, 5.74) is 1.87. The van der Waals surface area contributed by atoms with Gasteiger partial charge in [-0.3, -0.25) is 9.79 Å². The number of ketones is 1. The van der Waals surface area contributed by atoms with Gasteiger partial charge in [0.25, 0.3) is 0 Å². The number of allylic oxidation sites excluding steroid dienone is 1. The molecule has 1 atom stereocenters. The Kier molecular flexibility index (Phi) is 5.22. The molecule has 0 saturated carbocycles. The number of rotatable bonds is 5. The minimum atomic E-state index is -4.73. The van der Waals surface area contributed by atoms with Crippen molar-refractivity contribution in [3.8, 4) is 5.75 Å². The molecule has 0 bridgehead atoms. The van der Waals surface area contributed by atoms with Crippen molar-refractivity contribution in [1.29, 1.82) is 0 Å². The largest absolute Gasteiger partial charge is 0.496 e. The summed E-state index contributed by atoms with van der Waals surface area (Å²) in [5, 5.41) is 1.68. The van der Waals surface area contributed by atoms with Crippen LogP contribution in [0.4, 0.5) is 13.2 Å². The SMILES string of the molecule is COc1ccccc1CCC1C(=O)C(C(F)(F)F)=CN=C1c1cscn1. The molecule has 8 heteroatoms. The fourth-order valence-corrected chi connectivity index (χ4v) is 3.42. The van der Waals surface area contributed by atoms with E-state index in [1.54, 1.807) is 23.0 Å². The molecule has 2 heterocycles. The molecule has 0 radical (unpaired) electrons. The fraction of sp³-hybridized carbons (Fsp3) is 0.278. The number of para-hydroxylation sites is 1. The number of hydrogen-bond donors (Lipinski definition) is 0. The standard InChI is InChI=1S/C18H15F3N2O2S/c1-25-15-5-3-2-4-11(15)6-7-12-16(14-9-26-10-23-14)22-8-13(17(12)24)18(19,20)21/h2-5,8-10,12H,6-7H2,1H3. The lowest BCUT2D eigenvalue weighted by atomic mass is 9.85. The Hall–Kier alpha value is -2.48. The van der Waals surface area contributed by atoms with Gasteiger partial charge in [-0.1, -0.05) is 18.2 Å². The Labute approximate surface area is 152 Å². The van der Waals surface area contributed by atoms with E-state index in [0.29, 0.717) is 24.1 Å². The average Bonchev–Trinajstić information content (AvgIpc) is 3.14. The lowest BCUT2D eigenvalue weighted by Crippen LogP contribution is -2.34. The van der Waals surface area contributed by atoms with Gasteiger partial charge in [0.1, 0.15) is 11.3 Å². The zero-order chi connectivity index (χ0) is 18.7. The second-order valence-electron chi connectivity index (χ2n) is 5.70. The van der Waals surface area contributed by atoms with Crippen molar-refractivity contribution in [3.05, 3.63) is 58.2 Å². The first-order valence-electron chi connectivity index (χ1n) is 7.81. The van der Waals surface area contributed by atoms with Crippen LogP contribution in [0.1, 0.15) is 17.7 Å². The monoisotopic (exact) mass is 380 g/mol. The van der Waals surface area contributed by atoms with Crippen LogP contribution in [0, 0.1) is 5.92 Å². The molecule has 26 heavy (non-hydrogen) atoms. The lowest BCUT2D eigenvalue weighted by molar-refractivity contribution is -0.131. The summed E-state index contributed by atoms with van der Waals surface area (Å²) < 4.78 is 44.6. The smallest absolute Gasteiger partial charge is 0.421 e. The van der Waals surface area contributed by atoms with E-state index >= 15 is 0 Å². The number of aliphatic imine (C=N–C) groups is 1. The van der Waals surface area contributed by atoms with E-state index in [1.807, 2.05) is 12.1 Å². The van der Waals surface area contributed by atoms with Gasteiger partial charge in [0.05, 0.1) is 29.9 Å². The zero-order valence-corrected chi connectivity index (χ0v) is 14.6. The van der Waals surface area contributed by atoms with Gasteiger partial charge >= 0.3 is 6.18 Å². The molecule has 1 aromatic carbocycles. The molecular formula is C18H15F3N2O2S. The van der Waals surface area contributed by atoms with E-state index in [-0.39, 0.29) is 12.1 Å². The van der Waals surface area contributed by atoms with Gasteiger partial charge in [0, 0.05) is 11.6 Å². The summed E-state index contributed by atoms with van der Waals surface area (Å²) in [6.07, 6.45) is -3.55. The quantitative estimate of drug-likeness (QED) is 0.781. The molecule has 1 aliphatic rings. The maximum Gasteiger partial charge on any atom is 0.421 e. The number of Topliss-reactive ketones (excluding diaryl/α,β-unsaturated/α-hetero) is 1. The molecule has 3 rings (SSSR count). The molecule has 2 aromatic rings. The van der Waals surface area contributed by atoms with Crippen LogP contribution in [-0.4, -0.2) is 29.8 Å². The molecule has 0 aliphatic carbocycles. The Morgan fingerprint density at radius 1 is 1.27 bits per heavy atom. The maximum atomic E-state index is 13.1. The van der Waals surface area contributed by atoms with Gasteiger partial charge in [-0.25, -0.2) is 4.98 Å². The second kappa shape index (κ2) is 7.41. The normalized spacial score (nSPS) is 17.7. The van der Waals surface area contributed by atoms with E-state index in [4.69, 9.17) is 4.74 Å². The number of nitrogens with zero attached hydrogens (tertiary/aromatic N) is 2. The van der Waals surface area contributed by atoms with Crippen LogP contribution in [0.5, 0.6) is 5.75 Å². The maximum absolute atomic E-state index is 13.1. The van der Waals surface area contributed by atoms with Gasteiger partial charge in [-0.05, 0) is 24.5 Å². The third kappa shape index (κ3) is 3.70. The minimum absolute atomic E-state index is 0.184. The summed E-state index contributed by atoms with van der Waals surface area (Å²) >= 11 is 1.30. The van der Waals surface area contributed by atoms with E-state index in [9.17, 15) is 18.0 Å². The molecule has 4 nitrogen and oxygen atoms in total. The van der Waals surface area contributed by atoms with Crippen LogP contribution in [0.25, 0.3) is 0 Å². The van der Waals surface area contributed by atoms with Crippen molar-refractivity contribution in [2.45, 2.75) is 19.0 Å². The number of ether oxygens (including phenoxy) is 1. The summed E-state index contributed by atoms with van der Waals surface area (Å²) in [6.45, 7) is 0. The van der Waals surface area contributed by atoms with Gasteiger partial charge in [-0.15, -0.1) is 11.3 Å². The van der Waals surface area contributed by atoms with E-state index in [1.165, 1.54) is 18.4 Å². The Morgan fingerprint density at radius 2 is 2.04 bits per heavy atom. The molecule has 1 unspecified atom stereocenters. The highest BCUT2D eigenvalue weighted by atomic mass is 32.1. The highest BCUT2D eigenvalue weighted by Crippen LogP contribution is 2.34. The Bertz CT molecular complexity index is 858. The predicted octanol–water partition coefficient (Wildman–Crippen LogP) is 4.22. The van der Waals surface area contributed by atoms with Crippen molar-refractivity contribution >= 4 is 22.8 Å². The van der Waals surface area contributed by atoms with Gasteiger partial charge in [0.15, 0.2) is 5.78 Å². The third-order valence-electron chi connectivity index (χ3n) is 4.14. The molecule has 136 valence electrons. The number of aryl methyl sites for hydroxylation is 1. The van der Waals surface area contributed by atoms with E-state index in [0.717, 1.165) is 5.56 Å². The summed E-state index contributed by atoms with van der Waals surface area (Å²) in [4.78, 5) is 20.6. The topological polar surface area (TPSA) is 51.5 Å². The van der Waals surface area contributed by atoms with Crippen molar-refractivity contribution in [2.24, 2.45) is 10.9 Å². The lowest BCUT2D eigenvalue weighted by Gasteiger charge is -2.23. The highest BCUT2D eigenvalue weighted by Gasteiger charge is 2.44. The molecular weight excluding hydrogens is 365 g/mol. The molecule has 1 aromatic heterocycles. The van der Waals surface area contributed by atoms with Crippen LogP contribution in [0.2, 0.25) is 0 Å². The summed E-state index contributed by atoms with van der Waals surface area (Å²) in [7, 11) is 1.53. The number of carbonyl (C=O) groups is 1. The van der Waals surface area contributed by atoms with Gasteiger partial charge < -0.3 is 4.74 Å². The van der Waals surface area contributed by atoms with E-state index < -0.39 is 23.5 Å². The Balaban J connectivity index is 1.91. The number of methoxy groups -OCH3 is 1. The minimum Gasteiger partial charge on any atom is -0.496 e. The van der Waals surface area contributed by atoms with Crippen LogP contribution in [0.3, 0.4) is 0 Å². The van der Waals surface area contributed by atoms with Gasteiger partial charge in [0.2, 0.25) is 0 Å². The number of carbonyl (C=O) groups excluding carboxylic acids is 1.